The highest BCUT2D eigenvalue weighted by Gasteiger charge is 2.11. The van der Waals surface area contributed by atoms with Crippen LogP contribution >= 0.6 is 23.1 Å². The molecule has 0 fully saturated rings. The van der Waals surface area contributed by atoms with Crippen molar-refractivity contribution in [3.8, 4) is 0 Å². The number of carbonyl (C=O) groups excluding carboxylic acids is 1. The minimum absolute atomic E-state index is 0.0209. The van der Waals surface area contributed by atoms with E-state index in [1.165, 1.54) is 6.07 Å². The van der Waals surface area contributed by atoms with E-state index in [-0.39, 0.29) is 11.4 Å². The number of benzene rings is 1. The zero-order valence-corrected chi connectivity index (χ0v) is 13.9. The lowest BCUT2D eigenvalue weighted by Gasteiger charge is -2.05. The second-order valence-electron chi connectivity index (χ2n) is 4.78. The van der Waals surface area contributed by atoms with Gasteiger partial charge in [0, 0.05) is 17.4 Å². The Morgan fingerprint density at radius 2 is 2.21 bits per heavy atom. The van der Waals surface area contributed by atoms with Crippen molar-refractivity contribution in [2.24, 2.45) is 0 Å². The van der Waals surface area contributed by atoms with E-state index in [2.05, 4.69) is 20.5 Å². The molecule has 0 bridgehead atoms. The number of aromatic nitrogens is 3. The molecule has 2 heterocycles. The highest BCUT2D eigenvalue weighted by atomic mass is 32.2. The quantitative estimate of drug-likeness (QED) is 0.656. The maximum atomic E-state index is 13.5. The van der Waals surface area contributed by atoms with E-state index in [0.717, 1.165) is 28.8 Å². The Morgan fingerprint density at radius 3 is 2.96 bits per heavy atom. The van der Waals surface area contributed by atoms with Crippen LogP contribution in [0.25, 0.3) is 0 Å². The Kier molecular flexibility index (Phi) is 5.21. The number of hydrogen-bond acceptors (Lipinski definition) is 5. The van der Waals surface area contributed by atoms with Crippen molar-refractivity contribution >= 4 is 34.7 Å². The zero-order chi connectivity index (χ0) is 16.9. The topological polar surface area (TPSA) is 70.7 Å². The van der Waals surface area contributed by atoms with Gasteiger partial charge in [-0.3, -0.25) is 9.89 Å². The van der Waals surface area contributed by atoms with E-state index < -0.39 is 17.5 Å². The van der Waals surface area contributed by atoms with Gasteiger partial charge in [0.25, 0.3) is 0 Å². The number of anilines is 1. The molecule has 9 heteroatoms. The number of aromatic amines is 1. The molecule has 1 aromatic carbocycles. The molecule has 5 nitrogen and oxygen atoms in total. The van der Waals surface area contributed by atoms with Crippen molar-refractivity contribution < 1.29 is 13.6 Å². The normalized spacial score (nSPS) is 10.8. The zero-order valence-electron chi connectivity index (χ0n) is 12.3. The number of thioether (sulfide) groups is 1. The molecule has 0 saturated heterocycles. The van der Waals surface area contributed by atoms with Crippen LogP contribution in [-0.4, -0.2) is 26.8 Å². The smallest absolute Gasteiger partial charge is 0.234 e. The Hall–Kier alpha value is -2.26. The largest absolute Gasteiger partial charge is 0.323 e. The number of nitrogens with zero attached hydrogens (tertiary/aromatic N) is 2. The molecule has 0 aliphatic rings. The van der Waals surface area contributed by atoms with Gasteiger partial charge in [-0.25, -0.2) is 13.8 Å². The van der Waals surface area contributed by atoms with Gasteiger partial charge in [0.15, 0.2) is 0 Å². The lowest BCUT2D eigenvalue weighted by molar-refractivity contribution is -0.113. The van der Waals surface area contributed by atoms with E-state index >= 15 is 0 Å². The summed E-state index contributed by atoms with van der Waals surface area (Å²) in [5, 5.41) is 11.7. The molecule has 0 aliphatic heterocycles. The summed E-state index contributed by atoms with van der Waals surface area (Å²) in [6, 6.07) is 6.95. The standard InChI is InChI=1S/C15H12F2N4OS2/c16-9-3-4-12(11(17)6-9)18-14(22)8-24-15-19-13(20-21-15)7-10-2-1-5-23-10/h1-6H,7-8H2,(H,18,22)(H,19,20,21). The van der Waals surface area contributed by atoms with Crippen molar-refractivity contribution in [3.63, 3.8) is 0 Å². The van der Waals surface area contributed by atoms with Crippen molar-refractivity contribution in [1.29, 1.82) is 0 Å². The number of carbonyl (C=O) groups is 1. The molecule has 3 rings (SSSR count). The van der Waals surface area contributed by atoms with Crippen LogP contribution < -0.4 is 5.32 Å². The average Bonchev–Trinajstić information content (AvgIpc) is 3.20. The minimum atomic E-state index is -0.815. The first-order chi connectivity index (χ1) is 11.6. The molecule has 2 N–H and O–H groups in total. The number of hydrogen-bond donors (Lipinski definition) is 2. The van der Waals surface area contributed by atoms with E-state index in [0.29, 0.717) is 17.4 Å². The fourth-order valence-corrected chi connectivity index (χ4v) is 3.23. The summed E-state index contributed by atoms with van der Waals surface area (Å²) in [7, 11) is 0. The predicted molar refractivity (Wildman–Crippen MR) is 89.2 cm³/mol. The molecule has 0 radical (unpaired) electrons. The fourth-order valence-electron chi connectivity index (χ4n) is 1.91. The summed E-state index contributed by atoms with van der Waals surface area (Å²) in [5.74, 6) is -1.20. The molecule has 0 aliphatic carbocycles. The summed E-state index contributed by atoms with van der Waals surface area (Å²) in [4.78, 5) is 17.3. The van der Waals surface area contributed by atoms with Crippen LogP contribution in [0.3, 0.4) is 0 Å². The molecule has 2 aromatic heterocycles. The average molecular weight is 366 g/mol. The predicted octanol–water partition coefficient (Wildman–Crippen LogP) is 3.47. The molecular formula is C15H12F2N4OS2. The third-order valence-corrected chi connectivity index (χ3v) is 4.69. The summed E-state index contributed by atoms with van der Waals surface area (Å²) < 4.78 is 26.3. The van der Waals surface area contributed by atoms with Gasteiger partial charge in [0.2, 0.25) is 11.1 Å². The van der Waals surface area contributed by atoms with Crippen molar-refractivity contribution in [3.05, 3.63) is 58.0 Å². The van der Waals surface area contributed by atoms with E-state index in [4.69, 9.17) is 0 Å². The second-order valence-corrected chi connectivity index (χ2v) is 6.76. The van der Waals surface area contributed by atoms with Gasteiger partial charge in [-0.2, -0.15) is 0 Å². The van der Waals surface area contributed by atoms with Crippen LogP contribution in [0.5, 0.6) is 0 Å². The summed E-state index contributed by atoms with van der Waals surface area (Å²) in [6.45, 7) is 0. The van der Waals surface area contributed by atoms with Gasteiger partial charge >= 0.3 is 0 Å². The first kappa shape index (κ1) is 16.6. The molecule has 124 valence electrons. The van der Waals surface area contributed by atoms with Gasteiger partial charge in [-0.05, 0) is 23.6 Å². The van der Waals surface area contributed by atoms with Crippen molar-refractivity contribution in [2.75, 3.05) is 11.1 Å². The molecule has 0 saturated carbocycles. The molecule has 3 aromatic rings. The van der Waals surface area contributed by atoms with Crippen LogP contribution in [0, 0.1) is 11.6 Å². The SMILES string of the molecule is O=C(CSc1n[nH]c(Cc2cccs2)n1)Nc1ccc(F)cc1F. The highest BCUT2D eigenvalue weighted by molar-refractivity contribution is 7.99. The Morgan fingerprint density at radius 1 is 1.33 bits per heavy atom. The monoisotopic (exact) mass is 366 g/mol. The van der Waals surface area contributed by atoms with Crippen molar-refractivity contribution in [2.45, 2.75) is 11.6 Å². The first-order valence-electron chi connectivity index (χ1n) is 6.91. The maximum absolute atomic E-state index is 13.5. The Bertz CT molecular complexity index is 836. The molecule has 0 atom stereocenters. The van der Waals surface area contributed by atoms with Crippen molar-refractivity contribution in [1.82, 2.24) is 15.2 Å². The van der Waals surface area contributed by atoms with Crippen LogP contribution in [0.4, 0.5) is 14.5 Å². The Balaban J connectivity index is 1.52. The second kappa shape index (κ2) is 7.54. The number of H-pyrrole nitrogens is 1. The summed E-state index contributed by atoms with van der Waals surface area (Å²) in [5.41, 5.74) is -0.0598. The number of halogens is 2. The van der Waals surface area contributed by atoms with Gasteiger partial charge in [0.1, 0.15) is 17.5 Å². The van der Waals surface area contributed by atoms with Crippen LogP contribution in [0.2, 0.25) is 0 Å². The molecule has 0 spiro atoms. The van der Waals surface area contributed by atoms with E-state index in [1.54, 1.807) is 11.3 Å². The lowest BCUT2D eigenvalue weighted by atomic mass is 10.3. The Labute approximate surface area is 144 Å². The third-order valence-electron chi connectivity index (χ3n) is 2.97. The molecule has 1 amide bonds. The first-order valence-corrected chi connectivity index (χ1v) is 8.78. The third kappa shape index (κ3) is 4.39. The van der Waals surface area contributed by atoms with Crippen LogP contribution in [-0.2, 0) is 11.2 Å². The van der Waals surface area contributed by atoms with Gasteiger partial charge in [0.05, 0.1) is 11.4 Å². The van der Waals surface area contributed by atoms with Gasteiger partial charge in [-0.1, -0.05) is 17.8 Å². The number of nitrogens with one attached hydrogen (secondary N) is 2. The number of rotatable bonds is 6. The van der Waals surface area contributed by atoms with Gasteiger partial charge in [-0.15, -0.1) is 16.4 Å². The molecule has 0 unspecified atom stereocenters. The number of thiophene rings is 1. The van der Waals surface area contributed by atoms with Gasteiger partial charge < -0.3 is 5.32 Å². The van der Waals surface area contributed by atoms with Crippen LogP contribution in [0.15, 0.2) is 40.9 Å². The number of amides is 1. The lowest BCUT2D eigenvalue weighted by Crippen LogP contribution is -2.15. The maximum Gasteiger partial charge on any atom is 0.234 e. The van der Waals surface area contributed by atoms with E-state index in [1.807, 2.05) is 17.5 Å². The fraction of sp³-hybridized carbons (Fsp3) is 0.133. The van der Waals surface area contributed by atoms with Crippen LogP contribution in [0.1, 0.15) is 10.7 Å². The summed E-state index contributed by atoms with van der Waals surface area (Å²) >= 11 is 2.76. The minimum Gasteiger partial charge on any atom is -0.323 e. The summed E-state index contributed by atoms with van der Waals surface area (Å²) in [6.07, 6.45) is 0.651. The molecular weight excluding hydrogens is 354 g/mol. The molecule has 24 heavy (non-hydrogen) atoms. The highest BCUT2D eigenvalue weighted by Crippen LogP contribution is 2.18. The van der Waals surface area contributed by atoms with E-state index in [9.17, 15) is 13.6 Å².